The highest BCUT2D eigenvalue weighted by Gasteiger charge is 1.51. The average Bonchev–Trinajstić information content (AvgIpc) is 1.41. The van der Waals surface area contributed by atoms with Crippen LogP contribution in [0.5, 0.6) is 0 Å². The molecule has 0 heterocycles. The molecule has 0 radical (unpaired) electrons. The lowest BCUT2D eigenvalue weighted by Gasteiger charge is -1.66. The van der Waals surface area contributed by atoms with E-state index in [2.05, 4.69) is 18.6 Å². The van der Waals surface area contributed by atoms with Crippen LogP contribution in [0.3, 0.4) is 0 Å². The molecule has 30 valence electrons. The van der Waals surface area contributed by atoms with Crippen LogP contribution in [-0.2, 0) is 0 Å². The maximum absolute atomic E-state index is 2.15. The monoisotopic (exact) mass is 88.0 g/mol. The van der Waals surface area contributed by atoms with Crippen molar-refractivity contribution >= 4 is 8.58 Å². The lowest BCUT2D eigenvalue weighted by Crippen LogP contribution is -1.30. The summed E-state index contributed by atoms with van der Waals surface area (Å²) in [7, 11) is 0.977. The lowest BCUT2D eigenvalue weighted by atomic mass is 10.8. The molecule has 1 atom stereocenters. The first-order chi connectivity index (χ1) is 2.41. The van der Waals surface area contributed by atoms with Gasteiger partial charge in [0.2, 0.25) is 0 Å². The van der Waals surface area contributed by atoms with Crippen molar-refractivity contribution in [1.29, 1.82) is 0 Å². The topological polar surface area (TPSA) is 0 Å². The van der Waals surface area contributed by atoms with Crippen molar-refractivity contribution in [3.63, 3.8) is 0 Å². The Hall–Kier alpha value is 0.170. The normalized spacial score (nSPS) is 12.4. The van der Waals surface area contributed by atoms with Gasteiger partial charge in [0.05, 0.1) is 0 Å². The zero-order valence-corrected chi connectivity index (χ0v) is 4.65. The van der Waals surface area contributed by atoms with Crippen molar-refractivity contribution in [3.05, 3.63) is 11.9 Å². The molecule has 0 fully saturated rings. The van der Waals surface area contributed by atoms with Crippen molar-refractivity contribution in [2.24, 2.45) is 0 Å². The molecule has 0 saturated heterocycles. The fourth-order valence-corrected chi connectivity index (χ4v) is 0.500. The number of hydrogen-bond acceptors (Lipinski definition) is 0. The number of rotatable bonds is 1. The minimum Gasteiger partial charge on any atom is -0.102 e. The highest BCUT2D eigenvalue weighted by atomic mass is 31.1. The van der Waals surface area contributed by atoms with E-state index in [9.17, 15) is 0 Å². The van der Waals surface area contributed by atoms with Gasteiger partial charge < -0.3 is 0 Å². The van der Waals surface area contributed by atoms with Crippen LogP contribution >= 0.6 is 8.58 Å². The van der Waals surface area contributed by atoms with Crippen LogP contribution in [0.1, 0.15) is 6.92 Å². The Labute approximate surface area is 35.1 Å². The van der Waals surface area contributed by atoms with E-state index >= 15 is 0 Å². The maximum Gasteiger partial charge on any atom is -0.0437 e. The van der Waals surface area contributed by atoms with Gasteiger partial charge in [-0.3, -0.25) is 0 Å². The summed E-state index contributed by atoms with van der Waals surface area (Å²) in [5.74, 6) is 2.15. The van der Waals surface area contributed by atoms with E-state index in [-0.39, 0.29) is 0 Å². The molecule has 5 heavy (non-hydrogen) atoms. The third-order valence-electron chi connectivity index (χ3n) is 0.333. The summed E-state index contributed by atoms with van der Waals surface area (Å²) in [6.07, 6.45) is 2.07. The Morgan fingerprint density at radius 2 is 2.20 bits per heavy atom. The van der Waals surface area contributed by atoms with E-state index in [1.54, 1.807) is 0 Å². The van der Waals surface area contributed by atoms with Gasteiger partial charge in [0.1, 0.15) is 0 Å². The van der Waals surface area contributed by atoms with E-state index in [4.69, 9.17) is 0 Å². The predicted octanol–water partition coefficient (Wildman–Crippen LogP) is 1.83. The SMILES string of the molecule is C/C=C\PC. The molecule has 0 aliphatic rings. The van der Waals surface area contributed by atoms with Crippen LogP contribution < -0.4 is 0 Å². The molecular formula is C4H9P. The van der Waals surface area contributed by atoms with Crippen LogP contribution in [0.15, 0.2) is 11.9 Å². The van der Waals surface area contributed by atoms with E-state index in [1.165, 1.54) is 0 Å². The molecule has 0 nitrogen and oxygen atoms in total. The van der Waals surface area contributed by atoms with Crippen molar-refractivity contribution in [2.45, 2.75) is 6.92 Å². The molecule has 0 N–H and O–H groups in total. The van der Waals surface area contributed by atoms with E-state index in [0.29, 0.717) is 0 Å². The molecule has 0 bridgehead atoms. The Kier molecular flexibility index (Phi) is 4.31. The largest absolute Gasteiger partial charge is 0.102 e. The smallest absolute Gasteiger partial charge is 0.0437 e. The second-order valence-corrected chi connectivity index (χ2v) is 1.70. The fourth-order valence-electron chi connectivity index (χ4n) is 0.167. The highest BCUT2D eigenvalue weighted by Crippen LogP contribution is 2.00. The molecule has 0 aromatic heterocycles. The van der Waals surface area contributed by atoms with Gasteiger partial charge >= 0.3 is 0 Å². The van der Waals surface area contributed by atoms with Crippen molar-refractivity contribution in [1.82, 2.24) is 0 Å². The summed E-state index contributed by atoms with van der Waals surface area (Å²) in [5, 5.41) is 0. The molecule has 0 spiro atoms. The number of allylic oxidation sites excluding steroid dienone is 1. The first-order valence-corrected chi connectivity index (χ1v) is 3.28. The van der Waals surface area contributed by atoms with Crippen molar-refractivity contribution in [3.8, 4) is 0 Å². The standard InChI is InChI=1S/C4H9P/c1-3-4-5-2/h3-5H,1-2H3/b4-3-. The van der Waals surface area contributed by atoms with E-state index < -0.39 is 0 Å². The zero-order valence-electron chi connectivity index (χ0n) is 3.65. The van der Waals surface area contributed by atoms with Crippen LogP contribution in [0.4, 0.5) is 0 Å². The first kappa shape index (κ1) is 5.17. The molecule has 0 aliphatic heterocycles. The Balaban J connectivity index is 2.62. The quantitative estimate of drug-likeness (QED) is 0.429. The van der Waals surface area contributed by atoms with Gasteiger partial charge in [-0.25, -0.2) is 0 Å². The molecule has 1 unspecified atom stereocenters. The summed E-state index contributed by atoms with van der Waals surface area (Å²) < 4.78 is 0. The molecule has 1 heteroatoms. The lowest BCUT2D eigenvalue weighted by molar-refractivity contribution is 1.78. The Morgan fingerprint density at radius 3 is 2.20 bits per heavy atom. The van der Waals surface area contributed by atoms with Gasteiger partial charge in [-0.15, -0.1) is 8.58 Å². The van der Waals surface area contributed by atoms with Crippen molar-refractivity contribution in [2.75, 3.05) is 6.66 Å². The summed E-state index contributed by atoms with van der Waals surface area (Å²) in [4.78, 5) is 0. The molecule has 0 aromatic carbocycles. The Bertz CT molecular complexity index is 30.6. The maximum atomic E-state index is 2.15. The summed E-state index contributed by atoms with van der Waals surface area (Å²) >= 11 is 0. The second-order valence-electron chi connectivity index (χ2n) is 0.789. The molecule has 0 rings (SSSR count). The molecule has 0 saturated carbocycles. The fraction of sp³-hybridized carbons (Fsp3) is 0.500. The molecule has 0 aliphatic carbocycles. The second kappa shape index (κ2) is 4.17. The first-order valence-electron chi connectivity index (χ1n) is 1.70. The van der Waals surface area contributed by atoms with E-state index in [0.717, 1.165) is 8.58 Å². The van der Waals surface area contributed by atoms with Crippen LogP contribution in [-0.4, -0.2) is 6.66 Å². The summed E-state index contributed by atoms with van der Waals surface area (Å²) in [6.45, 7) is 4.19. The van der Waals surface area contributed by atoms with Gasteiger partial charge in [0, 0.05) is 0 Å². The van der Waals surface area contributed by atoms with Gasteiger partial charge in [-0.2, -0.15) is 0 Å². The number of hydrogen-bond donors (Lipinski definition) is 0. The Morgan fingerprint density at radius 1 is 1.60 bits per heavy atom. The van der Waals surface area contributed by atoms with Gasteiger partial charge in [0.15, 0.2) is 0 Å². The van der Waals surface area contributed by atoms with E-state index in [1.807, 2.05) is 6.92 Å². The van der Waals surface area contributed by atoms with Crippen LogP contribution in [0.25, 0.3) is 0 Å². The third kappa shape index (κ3) is 4.17. The molecule has 0 aromatic rings. The predicted molar refractivity (Wildman–Crippen MR) is 29.1 cm³/mol. The molecular weight excluding hydrogens is 79.0 g/mol. The van der Waals surface area contributed by atoms with Gasteiger partial charge in [-0.05, 0) is 13.6 Å². The van der Waals surface area contributed by atoms with Crippen LogP contribution in [0.2, 0.25) is 0 Å². The third-order valence-corrected chi connectivity index (χ3v) is 1.00. The van der Waals surface area contributed by atoms with Gasteiger partial charge in [-0.1, -0.05) is 11.9 Å². The summed E-state index contributed by atoms with van der Waals surface area (Å²) in [5.41, 5.74) is 0. The minimum atomic E-state index is 0.977. The highest BCUT2D eigenvalue weighted by molar-refractivity contribution is 7.40. The zero-order chi connectivity index (χ0) is 4.12. The average molecular weight is 88.1 g/mol. The van der Waals surface area contributed by atoms with Gasteiger partial charge in [0.25, 0.3) is 0 Å². The molecule has 0 amide bonds. The minimum absolute atomic E-state index is 0.977. The summed E-state index contributed by atoms with van der Waals surface area (Å²) in [6, 6.07) is 0. The van der Waals surface area contributed by atoms with Crippen LogP contribution in [0, 0.1) is 0 Å². The van der Waals surface area contributed by atoms with Crippen molar-refractivity contribution < 1.29 is 0 Å².